The van der Waals surface area contributed by atoms with E-state index >= 15 is 0 Å². The molecule has 4 rings (SSSR count). The van der Waals surface area contributed by atoms with Gasteiger partial charge < -0.3 is 9.84 Å². The maximum atomic E-state index is 12.1. The number of hydrogen-bond donors (Lipinski definition) is 1. The van der Waals surface area contributed by atoms with Crippen LogP contribution in [0.15, 0.2) is 53.3 Å². The maximum absolute atomic E-state index is 12.1. The number of hydrogen-bond acceptors (Lipinski definition) is 6. The third-order valence-electron chi connectivity index (χ3n) is 4.16. The van der Waals surface area contributed by atoms with E-state index in [1.807, 2.05) is 17.0 Å². The number of anilines is 1. The minimum atomic E-state index is -0.0626. The summed E-state index contributed by atoms with van der Waals surface area (Å²) >= 11 is 5.83. The summed E-state index contributed by atoms with van der Waals surface area (Å²) in [6.45, 7) is 1.74. The lowest BCUT2D eigenvalue weighted by molar-refractivity contribution is -0.118. The molecule has 132 valence electrons. The molecule has 0 saturated carbocycles. The van der Waals surface area contributed by atoms with Crippen LogP contribution in [-0.2, 0) is 4.79 Å². The van der Waals surface area contributed by atoms with Gasteiger partial charge in [0.25, 0.3) is 0 Å². The molecule has 1 aliphatic rings. The molecule has 1 amide bonds. The molecule has 3 heterocycles. The zero-order valence-electron chi connectivity index (χ0n) is 13.8. The van der Waals surface area contributed by atoms with E-state index in [4.69, 9.17) is 16.1 Å². The fourth-order valence-electron chi connectivity index (χ4n) is 2.81. The van der Waals surface area contributed by atoms with Crippen LogP contribution in [0.25, 0.3) is 11.4 Å². The Morgan fingerprint density at radius 3 is 2.81 bits per heavy atom. The van der Waals surface area contributed by atoms with Crippen molar-refractivity contribution < 1.29 is 9.32 Å². The third-order valence-corrected chi connectivity index (χ3v) is 4.42. The first-order valence-corrected chi connectivity index (χ1v) is 8.57. The summed E-state index contributed by atoms with van der Waals surface area (Å²) in [5.74, 6) is 1.22. The van der Waals surface area contributed by atoms with Crippen molar-refractivity contribution in [3.8, 4) is 11.4 Å². The minimum Gasteiger partial charge on any atom is -0.339 e. The van der Waals surface area contributed by atoms with Gasteiger partial charge in [0.15, 0.2) is 0 Å². The summed E-state index contributed by atoms with van der Waals surface area (Å²) < 4.78 is 5.35. The van der Waals surface area contributed by atoms with Gasteiger partial charge in [-0.05, 0) is 36.4 Å². The quantitative estimate of drug-likeness (QED) is 0.744. The van der Waals surface area contributed by atoms with Crippen molar-refractivity contribution in [2.24, 2.45) is 0 Å². The molecular formula is C18H16ClN5O2. The number of rotatable bonds is 5. The van der Waals surface area contributed by atoms with E-state index in [9.17, 15) is 4.79 Å². The van der Waals surface area contributed by atoms with Gasteiger partial charge in [0.1, 0.15) is 0 Å². The molecule has 26 heavy (non-hydrogen) atoms. The van der Waals surface area contributed by atoms with Crippen LogP contribution in [0.4, 0.5) is 5.69 Å². The van der Waals surface area contributed by atoms with Crippen molar-refractivity contribution in [1.82, 2.24) is 20.0 Å². The van der Waals surface area contributed by atoms with Crippen LogP contribution in [0.3, 0.4) is 0 Å². The number of amides is 1. The molecule has 7 nitrogen and oxygen atoms in total. The van der Waals surface area contributed by atoms with Gasteiger partial charge in [-0.15, -0.1) is 0 Å². The van der Waals surface area contributed by atoms with Gasteiger partial charge in [-0.2, -0.15) is 4.98 Å². The van der Waals surface area contributed by atoms with E-state index in [0.29, 0.717) is 36.4 Å². The van der Waals surface area contributed by atoms with E-state index in [0.717, 1.165) is 11.3 Å². The molecular weight excluding hydrogens is 354 g/mol. The highest BCUT2D eigenvalue weighted by Gasteiger charge is 2.33. The first-order chi connectivity index (χ1) is 12.7. The highest BCUT2D eigenvalue weighted by molar-refractivity contribution is 6.30. The number of likely N-dealkylation sites (tertiary alicyclic amines) is 1. The Kier molecular flexibility index (Phi) is 4.64. The smallest absolute Gasteiger partial charge is 0.238 e. The molecule has 0 atom stereocenters. The molecule has 0 aliphatic carbocycles. The Labute approximate surface area is 155 Å². The van der Waals surface area contributed by atoms with Crippen molar-refractivity contribution in [3.63, 3.8) is 0 Å². The normalized spacial score (nSPS) is 14.8. The maximum Gasteiger partial charge on any atom is 0.238 e. The van der Waals surface area contributed by atoms with Crippen LogP contribution in [0, 0.1) is 0 Å². The molecule has 1 saturated heterocycles. The van der Waals surface area contributed by atoms with Gasteiger partial charge in [-0.3, -0.25) is 14.7 Å². The van der Waals surface area contributed by atoms with Crippen LogP contribution < -0.4 is 5.32 Å². The van der Waals surface area contributed by atoms with E-state index < -0.39 is 0 Å². The minimum absolute atomic E-state index is 0.0626. The second-order valence-electron chi connectivity index (χ2n) is 6.14. The Balaban J connectivity index is 1.28. The number of nitrogens with zero attached hydrogens (tertiary/aromatic N) is 4. The average molecular weight is 370 g/mol. The van der Waals surface area contributed by atoms with E-state index in [1.54, 1.807) is 36.7 Å². The Morgan fingerprint density at radius 1 is 1.27 bits per heavy atom. The van der Waals surface area contributed by atoms with Crippen molar-refractivity contribution >= 4 is 23.2 Å². The molecule has 0 radical (unpaired) electrons. The lowest BCUT2D eigenvalue weighted by Crippen LogP contribution is -2.48. The number of benzene rings is 1. The zero-order chi connectivity index (χ0) is 17.9. The fraction of sp³-hybridized carbons (Fsp3) is 0.222. The monoisotopic (exact) mass is 369 g/mol. The van der Waals surface area contributed by atoms with Crippen molar-refractivity contribution in [1.29, 1.82) is 0 Å². The number of carbonyl (C=O) groups is 1. The summed E-state index contributed by atoms with van der Waals surface area (Å²) in [4.78, 5) is 22.6. The average Bonchev–Trinajstić information content (AvgIpc) is 3.10. The highest BCUT2D eigenvalue weighted by atomic mass is 35.5. The topological polar surface area (TPSA) is 84.2 Å². The number of halogens is 1. The zero-order valence-corrected chi connectivity index (χ0v) is 14.6. The van der Waals surface area contributed by atoms with Gasteiger partial charge in [0.05, 0.1) is 12.5 Å². The lowest BCUT2D eigenvalue weighted by atomic mass is 10.0. The van der Waals surface area contributed by atoms with Crippen LogP contribution in [0.5, 0.6) is 0 Å². The molecule has 1 fully saturated rings. The molecule has 1 aliphatic heterocycles. The van der Waals surface area contributed by atoms with E-state index in [-0.39, 0.29) is 11.8 Å². The summed E-state index contributed by atoms with van der Waals surface area (Å²) in [6.07, 6.45) is 3.40. The number of aromatic nitrogens is 3. The number of pyridine rings is 1. The van der Waals surface area contributed by atoms with E-state index in [1.165, 1.54) is 0 Å². The van der Waals surface area contributed by atoms with Crippen LogP contribution in [0.1, 0.15) is 11.8 Å². The SMILES string of the molecule is O=C(CN1CC(c2nc(-c3cccnc3)no2)C1)Nc1ccc(Cl)cc1. The summed E-state index contributed by atoms with van der Waals surface area (Å²) in [6, 6.07) is 10.7. The van der Waals surface area contributed by atoms with Crippen LogP contribution in [-0.4, -0.2) is 45.6 Å². The van der Waals surface area contributed by atoms with Crippen molar-refractivity contribution in [3.05, 3.63) is 59.7 Å². The second kappa shape index (κ2) is 7.23. The summed E-state index contributed by atoms with van der Waals surface area (Å²) in [5, 5.41) is 7.49. The van der Waals surface area contributed by atoms with Crippen LogP contribution in [0.2, 0.25) is 5.02 Å². The first kappa shape index (κ1) is 16.7. The van der Waals surface area contributed by atoms with Gasteiger partial charge >= 0.3 is 0 Å². The van der Waals surface area contributed by atoms with E-state index in [2.05, 4.69) is 20.4 Å². The number of nitrogens with one attached hydrogen (secondary N) is 1. The molecule has 2 aromatic heterocycles. The Morgan fingerprint density at radius 2 is 2.08 bits per heavy atom. The van der Waals surface area contributed by atoms with Gasteiger partial charge in [0, 0.05) is 41.8 Å². The summed E-state index contributed by atoms with van der Waals surface area (Å²) in [7, 11) is 0. The van der Waals surface area contributed by atoms with Crippen molar-refractivity contribution in [2.75, 3.05) is 25.0 Å². The molecule has 3 aromatic rings. The largest absolute Gasteiger partial charge is 0.339 e. The Bertz CT molecular complexity index is 891. The standard InChI is InChI=1S/C18H16ClN5O2/c19-14-3-5-15(6-4-14)21-16(25)11-24-9-13(10-24)18-22-17(23-26-18)12-2-1-7-20-8-12/h1-8,13H,9-11H2,(H,21,25). The molecule has 1 aromatic carbocycles. The Hall–Kier alpha value is -2.77. The highest BCUT2D eigenvalue weighted by Crippen LogP contribution is 2.27. The fourth-order valence-corrected chi connectivity index (χ4v) is 2.93. The summed E-state index contributed by atoms with van der Waals surface area (Å²) in [5.41, 5.74) is 1.55. The predicted octanol–water partition coefficient (Wildman–Crippen LogP) is 2.82. The van der Waals surface area contributed by atoms with Gasteiger partial charge in [-0.1, -0.05) is 16.8 Å². The van der Waals surface area contributed by atoms with Crippen molar-refractivity contribution in [2.45, 2.75) is 5.92 Å². The van der Waals surface area contributed by atoms with Gasteiger partial charge in [-0.25, -0.2) is 0 Å². The van der Waals surface area contributed by atoms with Gasteiger partial charge in [0.2, 0.25) is 17.6 Å². The first-order valence-electron chi connectivity index (χ1n) is 8.19. The molecule has 1 N–H and O–H groups in total. The van der Waals surface area contributed by atoms with Crippen LogP contribution >= 0.6 is 11.6 Å². The third kappa shape index (κ3) is 3.74. The predicted molar refractivity (Wildman–Crippen MR) is 96.8 cm³/mol. The number of carbonyl (C=O) groups excluding carboxylic acids is 1. The molecule has 0 spiro atoms. The lowest BCUT2D eigenvalue weighted by Gasteiger charge is -2.36. The molecule has 0 unspecified atom stereocenters. The molecule has 0 bridgehead atoms. The molecule has 8 heteroatoms. The second-order valence-corrected chi connectivity index (χ2v) is 6.58.